The summed E-state index contributed by atoms with van der Waals surface area (Å²) in [5, 5.41) is 10.5. The molecule has 0 radical (unpaired) electrons. The lowest BCUT2D eigenvalue weighted by atomic mass is 9.57. The van der Waals surface area contributed by atoms with Crippen LogP contribution in [0.15, 0.2) is 0 Å². The predicted octanol–water partition coefficient (Wildman–Crippen LogP) is 2.37. The highest BCUT2D eigenvalue weighted by Crippen LogP contribution is 2.50. The van der Waals surface area contributed by atoms with Crippen LogP contribution in [0.5, 0.6) is 0 Å². The van der Waals surface area contributed by atoms with Crippen LogP contribution >= 0.6 is 0 Å². The van der Waals surface area contributed by atoms with E-state index in [0.29, 0.717) is 5.92 Å². The van der Waals surface area contributed by atoms with E-state index in [-0.39, 0.29) is 23.4 Å². The van der Waals surface area contributed by atoms with Crippen LogP contribution in [0.1, 0.15) is 48.0 Å². The zero-order chi connectivity index (χ0) is 12.7. The van der Waals surface area contributed by atoms with Gasteiger partial charge in [0.1, 0.15) is 11.7 Å². The summed E-state index contributed by atoms with van der Waals surface area (Å²) in [6, 6.07) is 0. The minimum Gasteiger partial charge on any atom is -0.459 e. The van der Waals surface area contributed by atoms with E-state index in [9.17, 15) is 9.90 Å². The number of esters is 1. The second-order valence-electron chi connectivity index (χ2n) is 6.00. The molecule has 0 aliphatic heterocycles. The van der Waals surface area contributed by atoms with Gasteiger partial charge in [-0.25, -0.2) is 0 Å². The van der Waals surface area contributed by atoms with Crippen LogP contribution in [0.4, 0.5) is 0 Å². The number of ether oxygens (including phenoxy) is 1. The van der Waals surface area contributed by atoms with E-state index >= 15 is 0 Å². The molecule has 1 N–H and O–H groups in total. The van der Waals surface area contributed by atoms with Gasteiger partial charge in [0.05, 0.1) is 0 Å². The average Bonchev–Trinajstić information content (AvgIpc) is 2.12. The number of rotatable bonds is 1. The monoisotopic (exact) mass is 228 g/mol. The second-order valence-corrected chi connectivity index (χ2v) is 6.00. The second kappa shape index (κ2) is 4.02. The van der Waals surface area contributed by atoms with Gasteiger partial charge in [-0.05, 0) is 30.6 Å². The van der Waals surface area contributed by atoms with Crippen molar-refractivity contribution in [2.45, 2.75) is 59.7 Å². The van der Waals surface area contributed by atoms with Crippen LogP contribution in [0.25, 0.3) is 0 Å². The molecular weight excluding hydrogens is 204 g/mol. The highest BCUT2D eigenvalue weighted by atomic mass is 16.6. The summed E-state index contributed by atoms with van der Waals surface area (Å²) < 4.78 is 5.25. The Morgan fingerprint density at radius 1 is 1.31 bits per heavy atom. The van der Waals surface area contributed by atoms with Gasteiger partial charge in [0.2, 0.25) is 0 Å². The molecule has 3 nitrogen and oxygen atoms in total. The molecule has 1 saturated carbocycles. The van der Waals surface area contributed by atoms with Gasteiger partial charge >= 0.3 is 5.97 Å². The first-order valence-corrected chi connectivity index (χ1v) is 5.99. The van der Waals surface area contributed by atoms with Crippen LogP contribution < -0.4 is 0 Å². The first kappa shape index (κ1) is 13.5. The van der Waals surface area contributed by atoms with Crippen molar-refractivity contribution < 1.29 is 14.6 Å². The van der Waals surface area contributed by atoms with Gasteiger partial charge in [-0.2, -0.15) is 0 Å². The Morgan fingerprint density at radius 2 is 1.81 bits per heavy atom. The van der Waals surface area contributed by atoms with Crippen LogP contribution in [0.2, 0.25) is 0 Å². The first-order valence-electron chi connectivity index (χ1n) is 5.99. The van der Waals surface area contributed by atoms with Gasteiger partial charge < -0.3 is 9.84 Å². The van der Waals surface area contributed by atoms with Crippen molar-refractivity contribution in [2.24, 2.45) is 17.3 Å². The Bertz CT molecular complexity index is 281. The normalized spacial score (nSPS) is 42.8. The van der Waals surface area contributed by atoms with E-state index in [4.69, 9.17) is 4.74 Å². The number of hydrogen-bond acceptors (Lipinski definition) is 3. The number of carbonyl (C=O) groups excluding carboxylic acids is 1. The summed E-state index contributed by atoms with van der Waals surface area (Å²) in [6.45, 7) is 11.7. The van der Waals surface area contributed by atoms with E-state index in [1.165, 1.54) is 6.92 Å². The van der Waals surface area contributed by atoms with Crippen LogP contribution in [-0.2, 0) is 9.53 Å². The molecule has 3 unspecified atom stereocenters. The fourth-order valence-electron chi connectivity index (χ4n) is 2.69. The lowest BCUT2D eigenvalue weighted by Gasteiger charge is -2.53. The molecule has 0 saturated heterocycles. The molecule has 4 atom stereocenters. The number of aliphatic hydroxyl groups is 1. The first-order chi connectivity index (χ1) is 7.10. The lowest BCUT2D eigenvalue weighted by molar-refractivity contribution is -0.200. The van der Waals surface area contributed by atoms with Crippen LogP contribution in [-0.4, -0.2) is 22.8 Å². The predicted molar refractivity (Wildman–Crippen MR) is 62.9 cm³/mol. The minimum atomic E-state index is -0.943. The Kier molecular flexibility index (Phi) is 3.39. The third-order valence-electron chi connectivity index (χ3n) is 4.79. The molecular formula is C13H24O3. The maximum Gasteiger partial charge on any atom is 0.303 e. The molecule has 1 rings (SSSR count). The Balaban J connectivity index is 2.96. The highest BCUT2D eigenvalue weighted by Gasteiger charge is 2.53. The van der Waals surface area contributed by atoms with Gasteiger partial charge in [0.25, 0.3) is 0 Å². The highest BCUT2D eigenvalue weighted by molar-refractivity contribution is 5.66. The van der Waals surface area contributed by atoms with Gasteiger partial charge in [-0.15, -0.1) is 0 Å². The fraction of sp³-hybridized carbons (Fsp3) is 0.923. The quantitative estimate of drug-likeness (QED) is 0.701. The summed E-state index contributed by atoms with van der Waals surface area (Å²) in [5.41, 5.74) is -0.887. The van der Waals surface area contributed by atoms with Crippen molar-refractivity contribution in [1.82, 2.24) is 0 Å². The van der Waals surface area contributed by atoms with Gasteiger partial charge in [-0.1, -0.05) is 27.7 Å². The summed E-state index contributed by atoms with van der Waals surface area (Å²) >= 11 is 0. The molecule has 0 bridgehead atoms. The smallest absolute Gasteiger partial charge is 0.303 e. The lowest BCUT2D eigenvalue weighted by Crippen LogP contribution is -2.58. The zero-order valence-corrected chi connectivity index (χ0v) is 11.2. The average molecular weight is 228 g/mol. The molecule has 1 aliphatic rings. The van der Waals surface area contributed by atoms with Gasteiger partial charge in [0, 0.05) is 6.92 Å². The van der Waals surface area contributed by atoms with Crippen molar-refractivity contribution in [3.8, 4) is 0 Å². The largest absolute Gasteiger partial charge is 0.459 e. The Morgan fingerprint density at radius 3 is 2.25 bits per heavy atom. The molecule has 0 aromatic heterocycles. The molecule has 3 heteroatoms. The van der Waals surface area contributed by atoms with E-state index < -0.39 is 5.60 Å². The Hall–Kier alpha value is -0.570. The van der Waals surface area contributed by atoms with Crippen molar-refractivity contribution in [2.75, 3.05) is 0 Å². The molecule has 0 aromatic rings. The summed E-state index contributed by atoms with van der Waals surface area (Å²) in [6.07, 6.45) is 0.340. The van der Waals surface area contributed by atoms with E-state index in [2.05, 4.69) is 20.8 Å². The Labute approximate surface area is 98.2 Å². The van der Waals surface area contributed by atoms with Crippen LogP contribution in [0.3, 0.4) is 0 Å². The van der Waals surface area contributed by atoms with Crippen molar-refractivity contribution in [1.29, 1.82) is 0 Å². The molecule has 0 heterocycles. The molecule has 94 valence electrons. The minimum absolute atomic E-state index is 0.0557. The standard InChI is InChI=1S/C13H24O3/c1-8-7-11(16-10(3)14)13(6,15)9(2)12(8,4)5/h8-9,11,15H,7H2,1-6H3/t8-,9?,11?,13?/m0/s1. The zero-order valence-electron chi connectivity index (χ0n) is 11.2. The molecule has 0 amide bonds. The van der Waals surface area contributed by atoms with E-state index in [0.717, 1.165) is 6.42 Å². The molecule has 1 aliphatic carbocycles. The topological polar surface area (TPSA) is 46.5 Å². The van der Waals surface area contributed by atoms with Crippen molar-refractivity contribution >= 4 is 5.97 Å². The third kappa shape index (κ3) is 2.10. The maximum absolute atomic E-state index is 11.0. The SMILES string of the molecule is CC(=O)OC1C[C@H](C)C(C)(C)C(C)C1(C)O. The molecule has 0 aromatic carbocycles. The maximum atomic E-state index is 11.0. The molecule has 0 spiro atoms. The van der Waals surface area contributed by atoms with Crippen molar-refractivity contribution in [3.63, 3.8) is 0 Å². The van der Waals surface area contributed by atoms with Gasteiger partial charge in [0.15, 0.2) is 0 Å². The number of carbonyl (C=O) groups is 1. The number of hydrogen-bond donors (Lipinski definition) is 1. The fourth-order valence-corrected chi connectivity index (χ4v) is 2.69. The van der Waals surface area contributed by atoms with Crippen LogP contribution in [0, 0.1) is 17.3 Å². The third-order valence-corrected chi connectivity index (χ3v) is 4.79. The summed E-state index contributed by atoms with van der Waals surface area (Å²) in [4.78, 5) is 11.0. The molecule has 16 heavy (non-hydrogen) atoms. The van der Waals surface area contributed by atoms with Crippen molar-refractivity contribution in [3.05, 3.63) is 0 Å². The molecule has 1 fully saturated rings. The summed E-state index contributed by atoms with van der Waals surface area (Å²) in [5.74, 6) is 0.199. The summed E-state index contributed by atoms with van der Waals surface area (Å²) in [7, 11) is 0. The van der Waals surface area contributed by atoms with E-state index in [1.54, 1.807) is 6.92 Å². The van der Waals surface area contributed by atoms with E-state index in [1.807, 2.05) is 6.92 Å². The van der Waals surface area contributed by atoms with Gasteiger partial charge in [-0.3, -0.25) is 4.79 Å².